The summed E-state index contributed by atoms with van der Waals surface area (Å²) in [5.41, 5.74) is 2.20. The number of fused-ring (bicyclic) bond motifs is 1. The van der Waals surface area contributed by atoms with E-state index in [1.807, 2.05) is 31.2 Å². The summed E-state index contributed by atoms with van der Waals surface area (Å²) in [5.74, 6) is 1.68. The van der Waals surface area contributed by atoms with Gasteiger partial charge in [-0.2, -0.15) is 0 Å². The Morgan fingerprint density at radius 3 is 2.40 bits per heavy atom. The molecule has 5 nitrogen and oxygen atoms in total. The first-order valence-corrected chi connectivity index (χ1v) is 11.0. The highest BCUT2D eigenvalue weighted by molar-refractivity contribution is 7.21. The van der Waals surface area contributed by atoms with Crippen LogP contribution in [-0.2, 0) is 0 Å². The van der Waals surface area contributed by atoms with Crippen LogP contribution in [0.3, 0.4) is 0 Å². The molecule has 6 heteroatoms. The van der Waals surface area contributed by atoms with Crippen molar-refractivity contribution in [2.75, 3.05) is 14.2 Å². The van der Waals surface area contributed by atoms with E-state index in [0.29, 0.717) is 28.9 Å². The highest BCUT2D eigenvalue weighted by Gasteiger charge is 2.23. The van der Waals surface area contributed by atoms with Crippen LogP contribution in [0.4, 0.5) is 0 Å². The van der Waals surface area contributed by atoms with E-state index in [2.05, 4.69) is 6.07 Å². The number of carboxylic acids is 1. The lowest BCUT2D eigenvalue weighted by molar-refractivity contribution is 0.0700. The van der Waals surface area contributed by atoms with Crippen LogP contribution >= 0.6 is 11.3 Å². The quantitative estimate of drug-likeness (QED) is 0.471. The number of ether oxygens (including phenoxy) is 3. The maximum atomic E-state index is 11.9. The van der Waals surface area contributed by atoms with Gasteiger partial charge in [0.25, 0.3) is 0 Å². The van der Waals surface area contributed by atoms with Crippen molar-refractivity contribution in [3.05, 3.63) is 46.3 Å². The number of hydrogen-bond donors (Lipinski definition) is 1. The summed E-state index contributed by atoms with van der Waals surface area (Å²) < 4.78 is 18.1. The molecule has 1 aliphatic rings. The number of thiophene rings is 1. The van der Waals surface area contributed by atoms with Crippen molar-refractivity contribution < 1.29 is 24.1 Å². The van der Waals surface area contributed by atoms with E-state index < -0.39 is 5.97 Å². The van der Waals surface area contributed by atoms with Crippen LogP contribution in [-0.4, -0.2) is 25.3 Å². The molecule has 1 N–H and O–H groups in total. The zero-order valence-electron chi connectivity index (χ0n) is 17.5. The Morgan fingerprint density at radius 2 is 1.73 bits per heavy atom. The van der Waals surface area contributed by atoms with Crippen molar-refractivity contribution in [1.29, 1.82) is 0 Å². The van der Waals surface area contributed by atoms with Crippen LogP contribution in [0.2, 0.25) is 0 Å². The van der Waals surface area contributed by atoms with Crippen LogP contribution in [0.5, 0.6) is 23.0 Å². The lowest BCUT2D eigenvalue weighted by Crippen LogP contribution is -2.05. The van der Waals surface area contributed by atoms with E-state index in [9.17, 15) is 9.90 Å². The van der Waals surface area contributed by atoms with E-state index in [4.69, 9.17) is 14.2 Å². The minimum atomic E-state index is -1.01. The lowest BCUT2D eigenvalue weighted by atomic mass is 9.84. The Labute approximate surface area is 180 Å². The van der Waals surface area contributed by atoms with Crippen molar-refractivity contribution in [3.63, 3.8) is 0 Å². The van der Waals surface area contributed by atoms with E-state index in [1.165, 1.54) is 49.0 Å². The SMILES string of the molecule is COc1cc2c(Oc3ccc(C4CCCCC4)cc3OC)c(C(=O)O)sc2cc1C. The van der Waals surface area contributed by atoms with Crippen molar-refractivity contribution in [1.82, 2.24) is 0 Å². The maximum absolute atomic E-state index is 11.9. The van der Waals surface area contributed by atoms with Crippen LogP contribution in [0.1, 0.15) is 58.8 Å². The highest BCUT2D eigenvalue weighted by atomic mass is 32.1. The molecule has 0 radical (unpaired) electrons. The predicted octanol–water partition coefficient (Wildman–Crippen LogP) is 6.77. The molecule has 1 aliphatic carbocycles. The first kappa shape index (κ1) is 20.5. The van der Waals surface area contributed by atoms with Crippen molar-refractivity contribution in [2.45, 2.75) is 44.9 Å². The van der Waals surface area contributed by atoms with Gasteiger partial charge in [0, 0.05) is 10.1 Å². The summed E-state index contributed by atoms with van der Waals surface area (Å²) >= 11 is 1.20. The van der Waals surface area contributed by atoms with Gasteiger partial charge in [-0.15, -0.1) is 11.3 Å². The molecule has 0 spiro atoms. The number of hydrogen-bond acceptors (Lipinski definition) is 5. The number of carboxylic acid groups (broad SMARTS) is 1. The first-order chi connectivity index (χ1) is 14.5. The predicted molar refractivity (Wildman–Crippen MR) is 119 cm³/mol. The van der Waals surface area contributed by atoms with Gasteiger partial charge in [0.1, 0.15) is 5.75 Å². The highest BCUT2D eigenvalue weighted by Crippen LogP contribution is 2.45. The maximum Gasteiger partial charge on any atom is 0.349 e. The van der Waals surface area contributed by atoms with Gasteiger partial charge < -0.3 is 19.3 Å². The number of aryl methyl sites for hydroxylation is 1. The summed E-state index contributed by atoms with van der Waals surface area (Å²) in [6.45, 7) is 1.94. The molecule has 0 atom stereocenters. The number of benzene rings is 2. The first-order valence-electron chi connectivity index (χ1n) is 10.2. The Bertz CT molecular complexity index is 1080. The normalized spacial score (nSPS) is 14.6. The average molecular weight is 427 g/mol. The summed E-state index contributed by atoms with van der Waals surface area (Å²) in [4.78, 5) is 12.1. The molecule has 158 valence electrons. The number of rotatable bonds is 6. The molecule has 30 heavy (non-hydrogen) atoms. The Kier molecular flexibility index (Phi) is 5.86. The van der Waals surface area contributed by atoms with Gasteiger partial charge in [-0.1, -0.05) is 25.3 Å². The van der Waals surface area contributed by atoms with Crippen molar-refractivity contribution in [2.24, 2.45) is 0 Å². The largest absolute Gasteiger partial charge is 0.496 e. The Hall–Kier alpha value is -2.73. The van der Waals surface area contributed by atoms with Gasteiger partial charge in [0.05, 0.1) is 14.2 Å². The monoisotopic (exact) mass is 426 g/mol. The molecule has 2 aromatic carbocycles. The molecular weight excluding hydrogens is 400 g/mol. The van der Waals surface area contributed by atoms with Crippen LogP contribution < -0.4 is 14.2 Å². The second-order valence-corrected chi connectivity index (χ2v) is 8.78. The van der Waals surface area contributed by atoms with Gasteiger partial charge in [-0.3, -0.25) is 0 Å². The zero-order chi connectivity index (χ0) is 21.3. The third-order valence-corrected chi connectivity index (χ3v) is 6.95. The molecule has 1 aromatic heterocycles. The summed E-state index contributed by atoms with van der Waals surface area (Å²) in [6.07, 6.45) is 6.22. The van der Waals surface area contributed by atoms with Gasteiger partial charge in [-0.25, -0.2) is 4.79 Å². The Balaban J connectivity index is 1.76. The second-order valence-electron chi connectivity index (χ2n) is 7.73. The summed E-state index contributed by atoms with van der Waals surface area (Å²) in [7, 11) is 3.22. The molecule has 0 saturated heterocycles. The molecule has 0 unspecified atom stereocenters. The average Bonchev–Trinajstić information content (AvgIpc) is 3.11. The fraction of sp³-hybridized carbons (Fsp3) is 0.375. The molecule has 1 fully saturated rings. The van der Waals surface area contributed by atoms with Gasteiger partial charge in [0.2, 0.25) is 0 Å². The second kappa shape index (κ2) is 8.56. The molecule has 1 saturated carbocycles. The van der Waals surface area contributed by atoms with Crippen molar-refractivity contribution >= 4 is 27.4 Å². The molecule has 1 heterocycles. The minimum Gasteiger partial charge on any atom is -0.496 e. The van der Waals surface area contributed by atoms with E-state index in [-0.39, 0.29) is 4.88 Å². The van der Waals surface area contributed by atoms with E-state index in [1.54, 1.807) is 14.2 Å². The van der Waals surface area contributed by atoms with Gasteiger partial charge in [0.15, 0.2) is 22.1 Å². The molecule has 0 aliphatic heterocycles. The summed E-state index contributed by atoms with van der Waals surface area (Å²) in [5, 5.41) is 10.5. The molecule has 0 bridgehead atoms. The van der Waals surface area contributed by atoms with Crippen LogP contribution in [0, 0.1) is 6.92 Å². The fourth-order valence-electron chi connectivity index (χ4n) is 4.23. The van der Waals surface area contributed by atoms with Gasteiger partial charge >= 0.3 is 5.97 Å². The summed E-state index contributed by atoms with van der Waals surface area (Å²) in [6, 6.07) is 9.77. The molecule has 3 aromatic rings. The topological polar surface area (TPSA) is 65.0 Å². The number of aromatic carboxylic acids is 1. The standard InChI is InChI=1S/C24H26O5S/c1-14-11-21-17(13-19(14)27-2)22(23(30-21)24(25)26)29-18-10-9-16(12-20(18)28-3)15-7-5-4-6-8-15/h9-13,15H,4-8H2,1-3H3,(H,25,26). The third kappa shape index (κ3) is 3.84. The molecule has 0 amide bonds. The number of carbonyl (C=O) groups is 1. The number of methoxy groups -OCH3 is 2. The van der Waals surface area contributed by atoms with Crippen LogP contribution in [0.15, 0.2) is 30.3 Å². The minimum absolute atomic E-state index is 0.163. The third-order valence-electron chi connectivity index (χ3n) is 5.83. The van der Waals surface area contributed by atoms with Gasteiger partial charge in [-0.05, 0) is 61.1 Å². The Morgan fingerprint density at radius 1 is 1.00 bits per heavy atom. The molecular formula is C24H26O5S. The lowest BCUT2D eigenvalue weighted by Gasteiger charge is -2.23. The van der Waals surface area contributed by atoms with Crippen LogP contribution in [0.25, 0.3) is 10.1 Å². The smallest absolute Gasteiger partial charge is 0.349 e. The van der Waals surface area contributed by atoms with E-state index >= 15 is 0 Å². The zero-order valence-corrected chi connectivity index (χ0v) is 18.3. The van der Waals surface area contributed by atoms with E-state index in [0.717, 1.165) is 15.6 Å². The molecule has 4 rings (SSSR count). The van der Waals surface area contributed by atoms with Crippen molar-refractivity contribution in [3.8, 4) is 23.0 Å². The fourth-order valence-corrected chi connectivity index (χ4v) is 5.28.